The third kappa shape index (κ3) is 2.27. The molecular formula is C11H12F3OP. The second-order valence-electron chi connectivity index (χ2n) is 3.53. The molecule has 0 fully saturated rings. The van der Waals surface area contributed by atoms with Crippen LogP contribution >= 0.6 is 9.24 Å². The van der Waals surface area contributed by atoms with Crippen LogP contribution in [0.5, 0.6) is 0 Å². The first-order chi connectivity index (χ1) is 7.40. The summed E-state index contributed by atoms with van der Waals surface area (Å²) in [7, 11) is 2.02. The second kappa shape index (κ2) is 4.96. The average Bonchev–Trinajstić information content (AvgIpc) is 2.29. The summed E-state index contributed by atoms with van der Waals surface area (Å²) in [4.78, 5) is 11.2. The Morgan fingerprint density at radius 2 is 1.75 bits per heavy atom. The molecule has 1 aromatic carbocycles. The molecule has 1 nitrogen and oxygen atoms in total. The number of carbonyl (C=O) groups is 1. The van der Waals surface area contributed by atoms with Crippen molar-refractivity contribution in [3.63, 3.8) is 0 Å². The molecule has 1 aromatic rings. The molecule has 1 rings (SSSR count). The van der Waals surface area contributed by atoms with E-state index in [1.807, 2.05) is 9.24 Å². The summed E-state index contributed by atoms with van der Waals surface area (Å²) in [5.74, 6) is -4.21. The predicted octanol–water partition coefficient (Wildman–Crippen LogP) is 2.43. The van der Waals surface area contributed by atoms with Crippen LogP contribution in [0.4, 0.5) is 13.2 Å². The van der Waals surface area contributed by atoms with Crippen LogP contribution in [0, 0.1) is 24.4 Å². The van der Waals surface area contributed by atoms with Crippen molar-refractivity contribution >= 4 is 20.3 Å². The van der Waals surface area contributed by atoms with Gasteiger partial charge >= 0.3 is 0 Å². The van der Waals surface area contributed by atoms with Crippen LogP contribution in [-0.2, 0) is 11.2 Å². The van der Waals surface area contributed by atoms with Crippen molar-refractivity contribution in [1.82, 2.24) is 0 Å². The molecule has 88 valence electrons. The first kappa shape index (κ1) is 13.2. The molecule has 1 unspecified atom stereocenters. The van der Waals surface area contributed by atoms with Gasteiger partial charge in [-0.05, 0) is 12.5 Å². The van der Waals surface area contributed by atoms with Crippen molar-refractivity contribution in [1.29, 1.82) is 0 Å². The van der Waals surface area contributed by atoms with Crippen LogP contribution < -0.4 is 5.30 Å². The molecule has 0 aliphatic carbocycles. The highest BCUT2D eigenvalue weighted by Crippen LogP contribution is 2.20. The lowest BCUT2D eigenvalue weighted by atomic mass is 10.0. The van der Waals surface area contributed by atoms with Crippen LogP contribution in [0.15, 0.2) is 0 Å². The Bertz CT molecular complexity index is 414. The zero-order valence-electron chi connectivity index (χ0n) is 9.03. The van der Waals surface area contributed by atoms with Crippen LogP contribution in [0.2, 0.25) is 0 Å². The maximum absolute atomic E-state index is 13.4. The number of Topliss-reactive ketones (excluding diaryl/α,β-unsaturated/α-hetero) is 1. The molecule has 0 N–H and O–H groups in total. The van der Waals surface area contributed by atoms with E-state index in [0.29, 0.717) is 0 Å². The average molecular weight is 248 g/mol. The maximum atomic E-state index is 13.4. The first-order valence-electron chi connectivity index (χ1n) is 4.83. The minimum absolute atomic E-state index is 0.0298. The smallest absolute Gasteiger partial charge is 0.195 e. The third-order valence-corrected chi connectivity index (χ3v) is 3.20. The fourth-order valence-corrected chi connectivity index (χ4v) is 1.67. The van der Waals surface area contributed by atoms with E-state index in [9.17, 15) is 18.0 Å². The van der Waals surface area contributed by atoms with Crippen LogP contribution in [0.1, 0.15) is 24.5 Å². The number of hydrogen-bond acceptors (Lipinski definition) is 1. The monoisotopic (exact) mass is 248 g/mol. The first-order valence-corrected chi connectivity index (χ1v) is 5.40. The highest BCUT2D eigenvalue weighted by Gasteiger charge is 2.21. The largest absolute Gasteiger partial charge is 0.299 e. The molecular weight excluding hydrogens is 236 g/mol. The summed E-state index contributed by atoms with van der Waals surface area (Å²) in [6.45, 7) is 3.10. The molecule has 16 heavy (non-hydrogen) atoms. The molecule has 0 radical (unpaired) electrons. The van der Waals surface area contributed by atoms with Crippen LogP contribution in [0.3, 0.4) is 0 Å². The number of halogens is 3. The summed E-state index contributed by atoms with van der Waals surface area (Å²) in [5, 5.41) is -0.0298. The quantitative estimate of drug-likeness (QED) is 0.593. The van der Waals surface area contributed by atoms with Crippen molar-refractivity contribution in [2.24, 2.45) is 0 Å². The van der Waals surface area contributed by atoms with E-state index < -0.39 is 17.5 Å². The highest BCUT2D eigenvalue weighted by molar-refractivity contribution is 7.27. The third-order valence-electron chi connectivity index (χ3n) is 2.51. The van der Waals surface area contributed by atoms with Crippen LogP contribution in [0.25, 0.3) is 0 Å². The zero-order valence-corrected chi connectivity index (χ0v) is 10.2. The van der Waals surface area contributed by atoms with E-state index in [1.165, 1.54) is 6.92 Å². The second-order valence-corrected chi connectivity index (χ2v) is 4.11. The van der Waals surface area contributed by atoms with E-state index in [0.717, 1.165) is 0 Å². The van der Waals surface area contributed by atoms with E-state index in [-0.39, 0.29) is 35.1 Å². The van der Waals surface area contributed by atoms with Gasteiger partial charge in [0.15, 0.2) is 17.5 Å². The van der Waals surface area contributed by atoms with Gasteiger partial charge in [-0.15, -0.1) is 9.24 Å². The molecule has 0 saturated carbocycles. The Kier molecular flexibility index (Phi) is 4.09. The zero-order chi connectivity index (χ0) is 12.5. The fourth-order valence-electron chi connectivity index (χ4n) is 1.37. The maximum Gasteiger partial charge on any atom is 0.195 e. The Labute approximate surface area is 94.2 Å². The minimum atomic E-state index is -1.52. The summed E-state index contributed by atoms with van der Waals surface area (Å²) >= 11 is 0. The Morgan fingerprint density at radius 1 is 1.19 bits per heavy atom. The number of hydrogen-bond donors (Lipinski definition) is 0. The fraction of sp³-hybridized carbons (Fsp3) is 0.364. The molecule has 5 heteroatoms. The molecule has 1 atom stereocenters. The summed E-state index contributed by atoms with van der Waals surface area (Å²) < 4.78 is 39.7. The van der Waals surface area contributed by atoms with E-state index in [4.69, 9.17) is 0 Å². The number of rotatable bonds is 3. The van der Waals surface area contributed by atoms with Gasteiger partial charge in [0, 0.05) is 23.7 Å². The molecule has 0 bridgehead atoms. The Morgan fingerprint density at radius 3 is 2.25 bits per heavy atom. The van der Waals surface area contributed by atoms with Crippen LogP contribution in [-0.4, -0.2) is 5.78 Å². The Balaban J connectivity index is 3.34. The minimum Gasteiger partial charge on any atom is -0.299 e. The van der Waals surface area contributed by atoms with Crippen molar-refractivity contribution in [2.75, 3.05) is 0 Å². The molecule has 0 aliphatic rings. The topological polar surface area (TPSA) is 17.1 Å². The van der Waals surface area contributed by atoms with E-state index in [2.05, 4.69) is 0 Å². The SMILES string of the molecule is CCC(=O)Cc1c(C)c(P)c(F)c(F)c1F. The van der Waals surface area contributed by atoms with Crippen molar-refractivity contribution < 1.29 is 18.0 Å². The molecule has 0 heterocycles. The number of ketones is 1. The predicted molar refractivity (Wildman–Crippen MR) is 59.4 cm³/mol. The lowest BCUT2D eigenvalue weighted by molar-refractivity contribution is -0.118. The standard InChI is InChI=1S/C11H12F3OP/c1-3-6(15)4-7-5(2)11(16)10(14)9(13)8(7)12/h3-4,16H2,1-2H3. The van der Waals surface area contributed by atoms with Gasteiger partial charge in [-0.3, -0.25) is 4.79 Å². The van der Waals surface area contributed by atoms with E-state index in [1.54, 1.807) is 6.92 Å². The van der Waals surface area contributed by atoms with Gasteiger partial charge in [-0.2, -0.15) is 0 Å². The van der Waals surface area contributed by atoms with Gasteiger partial charge in [0.2, 0.25) is 0 Å². The Hall–Kier alpha value is -0.890. The van der Waals surface area contributed by atoms with E-state index >= 15 is 0 Å². The lowest BCUT2D eigenvalue weighted by Gasteiger charge is -2.11. The summed E-state index contributed by atoms with van der Waals surface area (Å²) in [6, 6.07) is 0. The van der Waals surface area contributed by atoms with Gasteiger partial charge in [-0.25, -0.2) is 13.2 Å². The molecule has 0 amide bonds. The molecule has 0 aliphatic heterocycles. The van der Waals surface area contributed by atoms with Gasteiger partial charge < -0.3 is 0 Å². The van der Waals surface area contributed by atoms with Gasteiger partial charge in [0.25, 0.3) is 0 Å². The highest BCUT2D eigenvalue weighted by atomic mass is 31.0. The molecule has 0 aromatic heterocycles. The van der Waals surface area contributed by atoms with Gasteiger partial charge in [-0.1, -0.05) is 6.92 Å². The summed E-state index contributed by atoms with van der Waals surface area (Å²) in [5.41, 5.74) is 0.207. The summed E-state index contributed by atoms with van der Waals surface area (Å²) in [6.07, 6.45) is 0.0385. The normalized spacial score (nSPS) is 10.6. The lowest BCUT2D eigenvalue weighted by Crippen LogP contribution is -2.16. The molecule has 0 saturated heterocycles. The number of carbonyl (C=O) groups excluding carboxylic acids is 1. The van der Waals surface area contributed by atoms with Crippen molar-refractivity contribution in [3.05, 3.63) is 28.6 Å². The number of benzene rings is 1. The van der Waals surface area contributed by atoms with Crippen molar-refractivity contribution in [3.8, 4) is 0 Å². The van der Waals surface area contributed by atoms with Gasteiger partial charge in [0.1, 0.15) is 5.78 Å². The molecule has 0 spiro atoms. The van der Waals surface area contributed by atoms with Crippen molar-refractivity contribution in [2.45, 2.75) is 26.7 Å². The van der Waals surface area contributed by atoms with Gasteiger partial charge in [0.05, 0.1) is 0 Å².